The van der Waals surface area contributed by atoms with Gasteiger partial charge in [0, 0.05) is 39.3 Å². The van der Waals surface area contributed by atoms with Gasteiger partial charge >= 0.3 is 0 Å². The van der Waals surface area contributed by atoms with Crippen molar-refractivity contribution in [1.29, 1.82) is 0 Å². The van der Waals surface area contributed by atoms with E-state index in [0.29, 0.717) is 12.5 Å². The molecule has 116 valence electrons. The Kier molecular flexibility index (Phi) is 4.69. The summed E-state index contributed by atoms with van der Waals surface area (Å²) in [6.45, 7) is 6.03. The van der Waals surface area contributed by atoms with Gasteiger partial charge in [-0.15, -0.1) is 0 Å². The molecule has 7 nitrogen and oxygen atoms in total. The van der Waals surface area contributed by atoms with Crippen molar-refractivity contribution in [3.05, 3.63) is 6.33 Å². The normalized spacial score (nSPS) is 21.3. The van der Waals surface area contributed by atoms with Gasteiger partial charge in [-0.2, -0.15) is 10.1 Å². The molecule has 0 bridgehead atoms. The lowest BCUT2D eigenvalue weighted by Crippen LogP contribution is -2.50. The average Bonchev–Trinajstić information content (AvgIpc) is 2.90. The minimum Gasteiger partial charge on any atom is -0.342 e. The highest BCUT2D eigenvalue weighted by molar-refractivity contribution is 5.78. The Morgan fingerprint density at radius 3 is 2.38 bits per heavy atom. The Balaban J connectivity index is 1.45. The smallest absolute Gasteiger partial charge is 0.236 e. The third-order valence-corrected chi connectivity index (χ3v) is 4.39. The number of hydrogen-bond acceptors (Lipinski definition) is 5. The van der Waals surface area contributed by atoms with Crippen molar-refractivity contribution in [3.63, 3.8) is 0 Å². The topological polar surface area (TPSA) is 68.4 Å². The first-order valence-electron chi connectivity index (χ1n) is 7.93. The van der Waals surface area contributed by atoms with Crippen LogP contribution in [0.1, 0.15) is 25.7 Å². The van der Waals surface area contributed by atoms with Crippen LogP contribution >= 0.6 is 0 Å². The van der Waals surface area contributed by atoms with E-state index in [1.54, 1.807) is 0 Å². The number of carbonyl (C=O) groups is 1. The summed E-state index contributed by atoms with van der Waals surface area (Å²) >= 11 is 0. The number of nitrogens with one attached hydrogen (secondary N) is 1. The van der Waals surface area contributed by atoms with Crippen molar-refractivity contribution >= 4 is 11.9 Å². The van der Waals surface area contributed by atoms with Crippen LogP contribution in [0.25, 0.3) is 0 Å². The molecular weight excluding hydrogens is 268 g/mol. The van der Waals surface area contributed by atoms with Crippen LogP contribution in [0.15, 0.2) is 6.33 Å². The monoisotopic (exact) mass is 292 g/mol. The first kappa shape index (κ1) is 14.3. The van der Waals surface area contributed by atoms with Crippen molar-refractivity contribution in [2.24, 2.45) is 0 Å². The number of carbonyl (C=O) groups excluding carboxylic acids is 1. The van der Waals surface area contributed by atoms with Gasteiger partial charge < -0.3 is 9.80 Å². The molecule has 3 heterocycles. The number of H-pyrrole nitrogens is 1. The van der Waals surface area contributed by atoms with Crippen LogP contribution in [0.2, 0.25) is 0 Å². The molecule has 2 fully saturated rings. The molecule has 0 aromatic carbocycles. The van der Waals surface area contributed by atoms with E-state index in [4.69, 9.17) is 0 Å². The Bertz CT molecular complexity index is 432. The summed E-state index contributed by atoms with van der Waals surface area (Å²) in [7, 11) is 0. The molecule has 2 aliphatic rings. The van der Waals surface area contributed by atoms with E-state index in [0.717, 1.165) is 58.1 Å². The van der Waals surface area contributed by atoms with Crippen LogP contribution in [0.5, 0.6) is 0 Å². The van der Waals surface area contributed by atoms with Crippen LogP contribution in [0.4, 0.5) is 5.95 Å². The molecule has 0 spiro atoms. The summed E-state index contributed by atoms with van der Waals surface area (Å²) < 4.78 is 0. The lowest BCUT2D eigenvalue weighted by atomic mass is 10.2. The third kappa shape index (κ3) is 3.72. The van der Waals surface area contributed by atoms with Crippen LogP contribution in [0.3, 0.4) is 0 Å². The molecule has 2 aliphatic heterocycles. The quantitative estimate of drug-likeness (QED) is 0.869. The largest absolute Gasteiger partial charge is 0.342 e. The fraction of sp³-hybridized carbons (Fsp3) is 0.786. The molecule has 3 rings (SSSR count). The zero-order valence-corrected chi connectivity index (χ0v) is 12.5. The molecule has 1 aromatic heterocycles. The molecule has 0 aliphatic carbocycles. The Morgan fingerprint density at radius 2 is 1.76 bits per heavy atom. The number of aromatic amines is 1. The van der Waals surface area contributed by atoms with Crippen molar-refractivity contribution in [3.8, 4) is 0 Å². The average molecular weight is 292 g/mol. The number of hydrogen-bond donors (Lipinski definition) is 1. The van der Waals surface area contributed by atoms with Gasteiger partial charge in [0.25, 0.3) is 0 Å². The number of piperazine rings is 1. The summed E-state index contributed by atoms with van der Waals surface area (Å²) in [4.78, 5) is 23.0. The Morgan fingerprint density at radius 1 is 1.05 bits per heavy atom. The highest BCUT2D eigenvalue weighted by atomic mass is 16.2. The maximum absolute atomic E-state index is 12.4. The van der Waals surface area contributed by atoms with E-state index >= 15 is 0 Å². The van der Waals surface area contributed by atoms with Crippen LogP contribution < -0.4 is 4.90 Å². The van der Waals surface area contributed by atoms with Crippen molar-refractivity contribution in [1.82, 2.24) is 25.0 Å². The SMILES string of the molecule is O=C(CN1CCN(c2ncn[nH]2)CC1)N1CCCCCC1. The summed E-state index contributed by atoms with van der Waals surface area (Å²) in [5, 5.41) is 6.77. The standard InChI is InChI=1S/C14H24N6O/c21-13(19-5-3-1-2-4-6-19)11-18-7-9-20(10-8-18)14-15-12-16-17-14/h12H,1-11H2,(H,15,16,17). The molecule has 7 heteroatoms. The van der Waals surface area contributed by atoms with Gasteiger partial charge in [-0.1, -0.05) is 12.8 Å². The first-order valence-corrected chi connectivity index (χ1v) is 7.93. The number of nitrogens with zero attached hydrogens (tertiary/aromatic N) is 5. The summed E-state index contributed by atoms with van der Waals surface area (Å²) in [6, 6.07) is 0. The lowest BCUT2D eigenvalue weighted by molar-refractivity contribution is -0.132. The molecule has 1 N–H and O–H groups in total. The maximum atomic E-state index is 12.4. The van der Waals surface area contributed by atoms with Crippen molar-refractivity contribution in [2.75, 3.05) is 50.7 Å². The number of amides is 1. The summed E-state index contributed by atoms with van der Waals surface area (Å²) in [5.41, 5.74) is 0. The first-order chi connectivity index (χ1) is 10.3. The zero-order valence-electron chi connectivity index (χ0n) is 12.5. The van der Waals surface area contributed by atoms with E-state index in [9.17, 15) is 4.79 Å². The molecular formula is C14H24N6O. The van der Waals surface area contributed by atoms with Gasteiger partial charge in [0.1, 0.15) is 6.33 Å². The minimum absolute atomic E-state index is 0.296. The van der Waals surface area contributed by atoms with Gasteiger partial charge in [0.2, 0.25) is 11.9 Å². The fourth-order valence-corrected chi connectivity index (χ4v) is 3.08. The highest BCUT2D eigenvalue weighted by Gasteiger charge is 2.23. The van der Waals surface area contributed by atoms with E-state index < -0.39 is 0 Å². The predicted molar refractivity (Wildman–Crippen MR) is 80.1 cm³/mol. The maximum Gasteiger partial charge on any atom is 0.236 e. The predicted octanol–water partition coefficient (Wildman–Crippen LogP) is 0.329. The lowest BCUT2D eigenvalue weighted by Gasteiger charge is -2.35. The third-order valence-electron chi connectivity index (χ3n) is 4.39. The second-order valence-electron chi connectivity index (χ2n) is 5.87. The van der Waals surface area contributed by atoms with Gasteiger partial charge in [0.05, 0.1) is 6.54 Å². The van der Waals surface area contributed by atoms with Gasteiger partial charge in [-0.3, -0.25) is 9.69 Å². The molecule has 2 saturated heterocycles. The van der Waals surface area contributed by atoms with Crippen LogP contribution in [-0.2, 0) is 4.79 Å². The van der Waals surface area contributed by atoms with E-state index in [1.165, 1.54) is 19.2 Å². The fourth-order valence-electron chi connectivity index (χ4n) is 3.08. The van der Waals surface area contributed by atoms with E-state index in [2.05, 4.69) is 29.9 Å². The Labute approximate surface area is 125 Å². The molecule has 21 heavy (non-hydrogen) atoms. The van der Waals surface area contributed by atoms with Gasteiger partial charge in [0.15, 0.2) is 0 Å². The summed E-state index contributed by atoms with van der Waals surface area (Å²) in [5.74, 6) is 1.12. The molecule has 0 atom stereocenters. The number of likely N-dealkylation sites (tertiary alicyclic amines) is 1. The molecule has 0 unspecified atom stereocenters. The Hall–Kier alpha value is -1.63. The minimum atomic E-state index is 0.296. The highest BCUT2D eigenvalue weighted by Crippen LogP contribution is 2.12. The molecule has 0 saturated carbocycles. The van der Waals surface area contributed by atoms with E-state index in [1.807, 2.05) is 0 Å². The van der Waals surface area contributed by atoms with Crippen molar-refractivity contribution in [2.45, 2.75) is 25.7 Å². The number of aromatic nitrogens is 3. The number of anilines is 1. The van der Waals surface area contributed by atoms with Gasteiger partial charge in [-0.05, 0) is 12.8 Å². The zero-order chi connectivity index (χ0) is 14.5. The molecule has 0 radical (unpaired) electrons. The second kappa shape index (κ2) is 6.89. The molecule has 1 aromatic rings. The number of rotatable bonds is 3. The van der Waals surface area contributed by atoms with Crippen LogP contribution in [0, 0.1) is 0 Å². The van der Waals surface area contributed by atoms with Crippen molar-refractivity contribution < 1.29 is 4.79 Å². The van der Waals surface area contributed by atoms with Crippen LogP contribution in [-0.4, -0.2) is 76.7 Å². The summed E-state index contributed by atoms with van der Waals surface area (Å²) in [6.07, 6.45) is 6.37. The molecule has 1 amide bonds. The van der Waals surface area contributed by atoms with Gasteiger partial charge in [-0.25, -0.2) is 5.10 Å². The van der Waals surface area contributed by atoms with E-state index in [-0.39, 0.29) is 0 Å². The second-order valence-corrected chi connectivity index (χ2v) is 5.87.